The van der Waals surface area contributed by atoms with Crippen molar-refractivity contribution in [2.24, 2.45) is 10.2 Å². The Kier molecular flexibility index (Phi) is 5.11. The van der Waals surface area contributed by atoms with Gasteiger partial charge in [-0.15, -0.1) is 0 Å². The largest absolute Gasteiger partial charge is 0.461 e. The monoisotopic (exact) mass is 369 g/mol. The van der Waals surface area contributed by atoms with Crippen molar-refractivity contribution in [3.63, 3.8) is 0 Å². The lowest BCUT2D eigenvalue weighted by atomic mass is 10.0. The molecular weight excluding hydrogens is 350 g/mol. The molecule has 1 atom stereocenters. The van der Waals surface area contributed by atoms with E-state index in [4.69, 9.17) is 10.1 Å². The number of ether oxygens (including phenoxy) is 1. The molecule has 0 amide bonds. The van der Waals surface area contributed by atoms with Crippen LogP contribution in [0.1, 0.15) is 11.7 Å². The zero-order chi connectivity index (χ0) is 19.2. The summed E-state index contributed by atoms with van der Waals surface area (Å²) in [6, 6.07) is 28.9. The highest BCUT2D eigenvalue weighted by molar-refractivity contribution is 6.69. The molecule has 4 rings (SSSR count). The lowest BCUT2D eigenvalue weighted by molar-refractivity contribution is 0.275. The maximum atomic E-state index is 8.26. The van der Waals surface area contributed by atoms with E-state index in [-0.39, 0.29) is 5.90 Å². The summed E-state index contributed by atoms with van der Waals surface area (Å²) in [5.41, 5.74) is 9.49. The molecule has 3 aromatic rings. The number of anilines is 2. The number of rotatable bonds is 5. The topological polar surface area (TPSA) is 81.9 Å². The molecule has 0 aliphatic carbocycles. The van der Waals surface area contributed by atoms with Crippen LogP contribution in [0, 0.1) is 5.41 Å². The molecule has 0 radical (unpaired) electrons. The summed E-state index contributed by atoms with van der Waals surface area (Å²) in [7, 11) is 0. The summed E-state index contributed by atoms with van der Waals surface area (Å²) in [5.74, 6) is -0.0223. The highest BCUT2D eigenvalue weighted by Crippen LogP contribution is 2.27. The van der Waals surface area contributed by atoms with Crippen molar-refractivity contribution >= 4 is 28.7 Å². The number of nitrogens with one attached hydrogen (secondary N) is 3. The van der Waals surface area contributed by atoms with Crippen LogP contribution >= 0.6 is 0 Å². The van der Waals surface area contributed by atoms with Gasteiger partial charge in [0.15, 0.2) is 11.8 Å². The fourth-order valence-corrected chi connectivity index (χ4v) is 2.81. The van der Waals surface area contributed by atoms with E-state index in [9.17, 15) is 0 Å². The molecule has 1 heterocycles. The molecule has 0 saturated carbocycles. The predicted molar refractivity (Wildman–Crippen MR) is 113 cm³/mol. The summed E-state index contributed by atoms with van der Waals surface area (Å²) < 4.78 is 5.79. The SMILES string of the molecule is N=C1O[C@@H](c2ccccc2)C(=N/Nc2ccccc2)/C1=N\Nc1ccccc1. The maximum Gasteiger partial charge on any atom is 0.237 e. The maximum absolute atomic E-state index is 8.26. The molecule has 1 fully saturated rings. The van der Waals surface area contributed by atoms with Gasteiger partial charge in [0, 0.05) is 0 Å². The smallest absolute Gasteiger partial charge is 0.237 e. The van der Waals surface area contributed by atoms with Crippen molar-refractivity contribution in [3.8, 4) is 0 Å². The van der Waals surface area contributed by atoms with Crippen molar-refractivity contribution in [2.75, 3.05) is 10.9 Å². The van der Waals surface area contributed by atoms with Crippen LogP contribution in [0.5, 0.6) is 0 Å². The third-order valence-corrected chi connectivity index (χ3v) is 4.19. The molecular formula is C22H19N5O. The standard InChI is InChI=1S/C22H19N5O/c23-22-20(27-25-18-14-8-3-9-15-18)19(26-24-17-12-6-2-7-13-17)21(28-22)16-10-4-1-5-11-16/h1-15,21,23-25H/b23-22?,26-19+,27-20+/t21-/m0/s1. The Hall–Kier alpha value is -3.93. The van der Waals surface area contributed by atoms with Gasteiger partial charge in [-0.05, 0) is 29.8 Å². The van der Waals surface area contributed by atoms with Gasteiger partial charge in [0.25, 0.3) is 0 Å². The van der Waals surface area contributed by atoms with Crippen LogP contribution in [0.15, 0.2) is 101 Å². The minimum absolute atomic E-state index is 0.0223. The Balaban J connectivity index is 1.67. The molecule has 6 nitrogen and oxygen atoms in total. The zero-order valence-corrected chi connectivity index (χ0v) is 15.0. The first-order valence-corrected chi connectivity index (χ1v) is 8.89. The van der Waals surface area contributed by atoms with Crippen LogP contribution in [0.3, 0.4) is 0 Å². The number of hydrogen-bond donors (Lipinski definition) is 3. The second-order valence-corrected chi connectivity index (χ2v) is 6.15. The predicted octanol–water partition coefficient (Wildman–Crippen LogP) is 4.67. The first-order chi connectivity index (χ1) is 13.8. The Morgan fingerprint density at radius 2 is 1.18 bits per heavy atom. The third kappa shape index (κ3) is 3.91. The van der Waals surface area contributed by atoms with E-state index in [0.29, 0.717) is 11.4 Å². The van der Waals surface area contributed by atoms with E-state index in [1.165, 1.54) is 0 Å². The summed E-state index contributed by atoms with van der Waals surface area (Å²) >= 11 is 0. The molecule has 138 valence electrons. The molecule has 0 bridgehead atoms. The summed E-state index contributed by atoms with van der Waals surface area (Å²) in [6.45, 7) is 0. The number of hydrogen-bond acceptors (Lipinski definition) is 6. The van der Waals surface area contributed by atoms with Gasteiger partial charge in [-0.1, -0.05) is 66.7 Å². The fraction of sp³-hybridized carbons (Fsp3) is 0.0455. The van der Waals surface area contributed by atoms with Crippen LogP contribution in [0.4, 0.5) is 11.4 Å². The summed E-state index contributed by atoms with van der Waals surface area (Å²) in [4.78, 5) is 0. The quantitative estimate of drug-likeness (QED) is 0.572. The molecule has 0 spiro atoms. The molecule has 6 heteroatoms. The number of hydrazone groups is 2. The van der Waals surface area contributed by atoms with Crippen molar-refractivity contribution in [1.82, 2.24) is 0 Å². The van der Waals surface area contributed by atoms with Crippen LogP contribution in [0.2, 0.25) is 0 Å². The molecule has 28 heavy (non-hydrogen) atoms. The van der Waals surface area contributed by atoms with Crippen LogP contribution in [-0.4, -0.2) is 17.3 Å². The van der Waals surface area contributed by atoms with Crippen LogP contribution in [0.25, 0.3) is 0 Å². The fourth-order valence-electron chi connectivity index (χ4n) is 2.81. The lowest BCUT2D eigenvalue weighted by Gasteiger charge is -2.10. The second-order valence-electron chi connectivity index (χ2n) is 6.15. The van der Waals surface area contributed by atoms with E-state index in [1.807, 2.05) is 91.0 Å². The van der Waals surface area contributed by atoms with Crippen LogP contribution < -0.4 is 10.9 Å². The first kappa shape index (κ1) is 17.5. The van der Waals surface area contributed by atoms with Crippen molar-refractivity contribution in [1.29, 1.82) is 5.41 Å². The Morgan fingerprint density at radius 1 is 0.679 bits per heavy atom. The molecule has 3 N–H and O–H groups in total. The van der Waals surface area contributed by atoms with Gasteiger partial charge in [-0.3, -0.25) is 16.3 Å². The van der Waals surface area contributed by atoms with Gasteiger partial charge >= 0.3 is 0 Å². The van der Waals surface area contributed by atoms with Crippen LogP contribution in [-0.2, 0) is 4.74 Å². The van der Waals surface area contributed by atoms with Gasteiger partial charge in [0.1, 0.15) is 5.71 Å². The summed E-state index contributed by atoms with van der Waals surface area (Å²) in [5, 5.41) is 17.2. The van der Waals surface area contributed by atoms with Gasteiger partial charge in [0.05, 0.1) is 11.4 Å². The van der Waals surface area contributed by atoms with Gasteiger partial charge < -0.3 is 4.74 Å². The normalized spacial score (nSPS) is 18.9. The highest BCUT2D eigenvalue weighted by atomic mass is 16.5. The van der Waals surface area contributed by atoms with E-state index < -0.39 is 6.10 Å². The second kappa shape index (κ2) is 8.18. The number of nitrogens with zero attached hydrogens (tertiary/aromatic N) is 2. The lowest BCUT2D eigenvalue weighted by Crippen LogP contribution is -2.19. The van der Waals surface area contributed by atoms with E-state index in [1.54, 1.807) is 0 Å². The van der Waals surface area contributed by atoms with Gasteiger partial charge in [-0.2, -0.15) is 10.2 Å². The van der Waals surface area contributed by atoms with E-state index >= 15 is 0 Å². The van der Waals surface area contributed by atoms with Crippen molar-refractivity contribution in [2.45, 2.75) is 6.10 Å². The van der Waals surface area contributed by atoms with E-state index in [0.717, 1.165) is 16.9 Å². The summed E-state index contributed by atoms with van der Waals surface area (Å²) in [6.07, 6.45) is -0.499. The zero-order valence-electron chi connectivity index (χ0n) is 15.0. The van der Waals surface area contributed by atoms with E-state index in [2.05, 4.69) is 21.1 Å². The molecule has 1 saturated heterocycles. The molecule has 1 aliphatic heterocycles. The molecule has 1 aliphatic rings. The first-order valence-electron chi connectivity index (χ1n) is 8.89. The van der Waals surface area contributed by atoms with Crippen molar-refractivity contribution < 1.29 is 4.74 Å². The number of benzene rings is 3. The Bertz CT molecular complexity index is 1000. The Morgan fingerprint density at radius 3 is 1.75 bits per heavy atom. The highest BCUT2D eigenvalue weighted by Gasteiger charge is 2.37. The molecule has 0 unspecified atom stereocenters. The molecule has 3 aromatic carbocycles. The van der Waals surface area contributed by atoms with Crippen molar-refractivity contribution in [3.05, 3.63) is 96.6 Å². The Labute approximate surface area is 163 Å². The minimum atomic E-state index is -0.499. The average molecular weight is 369 g/mol. The van der Waals surface area contributed by atoms with Gasteiger partial charge in [-0.25, -0.2) is 0 Å². The minimum Gasteiger partial charge on any atom is -0.461 e. The average Bonchev–Trinajstić information content (AvgIpc) is 3.08. The third-order valence-electron chi connectivity index (χ3n) is 4.19. The van der Waals surface area contributed by atoms with Gasteiger partial charge in [0.2, 0.25) is 5.90 Å². The number of para-hydroxylation sites is 2. The molecule has 0 aromatic heterocycles.